The van der Waals surface area contributed by atoms with Crippen molar-refractivity contribution in [3.8, 4) is 0 Å². The summed E-state index contributed by atoms with van der Waals surface area (Å²) in [4.78, 5) is 11.2. The summed E-state index contributed by atoms with van der Waals surface area (Å²) >= 11 is 0. The van der Waals surface area contributed by atoms with Gasteiger partial charge in [0.15, 0.2) is 0 Å². The standard InChI is InChI=1S/C12H18N2O2/c1-14(2)13-9-11-7-5-4-6-10(11)8-12(15)16-3/h4-7,13H,8-9H2,1-3H3. The van der Waals surface area contributed by atoms with Crippen molar-refractivity contribution in [2.24, 2.45) is 0 Å². The lowest BCUT2D eigenvalue weighted by Gasteiger charge is -2.14. The number of hydrazine groups is 1. The molecule has 0 unspecified atom stereocenters. The Kier molecular flexibility index (Phi) is 4.95. The highest BCUT2D eigenvalue weighted by Gasteiger charge is 2.07. The lowest BCUT2D eigenvalue weighted by Crippen LogP contribution is -2.30. The Balaban J connectivity index is 2.71. The number of hydrogen-bond acceptors (Lipinski definition) is 4. The summed E-state index contributed by atoms with van der Waals surface area (Å²) in [6.45, 7) is 0.708. The lowest BCUT2D eigenvalue weighted by molar-refractivity contribution is -0.139. The molecule has 0 bridgehead atoms. The number of carbonyl (C=O) groups is 1. The molecule has 1 rings (SSSR count). The first kappa shape index (κ1) is 12.7. The van der Waals surface area contributed by atoms with Crippen molar-refractivity contribution in [3.63, 3.8) is 0 Å². The van der Waals surface area contributed by atoms with Crippen molar-refractivity contribution >= 4 is 5.97 Å². The molecule has 16 heavy (non-hydrogen) atoms. The maximum atomic E-state index is 11.2. The van der Waals surface area contributed by atoms with Crippen LogP contribution < -0.4 is 5.43 Å². The zero-order valence-corrected chi connectivity index (χ0v) is 9.99. The summed E-state index contributed by atoms with van der Waals surface area (Å²) in [5, 5.41) is 1.88. The van der Waals surface area contributed by atoms with Crippen LogP contribution in [0, 0.1) is 0 Å². The van der Waals surface area contributed by atoms with Gasteiger partial charge in [-0.2, -0.15) is 0 Å². The quantitative estimate of drug-likeness (QED) is 0.595. The Labute approximate surface area is 96.2 Å². The van der Waals surface area contributed by atoms with Crippen LogP contribution in [-0.2, 0) is 22.5 Å². The van der Waals surface area contributed by atoms with Gasteiger partial charge in [0.1, 0.15) is 0 Å². The van der Waals surface area contributed by atoms with Crippen LogP contribution in [-0.4, -0.2) is 32.2 Å². The van der Waals surface area contributed by atoms with Gasteiger partial charge in [0.25, 0.3) is 0 Å². The average Bonchev–Trinajstić information content (AvgIpc) is 2.27. The molecule has 1 aromatic carbocycles. The van der Waals surface area contributed by atoms with Crippen LogP contribution in [0.5, 0.6) is 0 Å². The summed E-state index contributed by atoms with van der Waals surface area (Å²) in [7, 11) is 5.27. The first-order chi connectivity index (χ1) is 7.63. The van der Waals surface area contributed by atoms with Gasteiger partial charge in [-0.05, 0) is 11.1 Å². The minimum atomic E-state index is -0.211. The van der Waals surface area contributed by atoms with E-state index in [1.54, 1.807) is 0 Å². The molecule has 0 spiro atoms. The fraction of sp³-hybridized carbons (Fsp3) is 0.417. The van der Waals surface area contributed by atoms with Crippen LogP contribution in [0.25, 0.3) is 0 Å². The molecule has 4 nitrogen and oxygen atoms in total. The van der Waals surface area contributed by atoms with E-state index in [9.17, 15) is 4.79 Å². The maximum Gasteiger partial charge on any atom is 0.309 e. The van der Waals surface area contributed by atoms with Crippen molar-refractivity contribution in [1.29, 1.82) is 0 Å². The van der Waals surface area contributed by atoms with Crippen LogP contribution in [0.4, 0.5) is 0 Å². The van der Waals surface area contributed by atoms with Gasteiger partial charge in [-0.25, -0.2) is 0 Å². The van der Waals surface area contributed by atoms with Crippen LogP contribution in [0.1, 0.15) is 11.1 Å². The van der Waals surface area contributed by atoms with Crippen molar-refractivity contribution in [2.75, 3.05) is 21.2 Å². The van der Waals surface area contributed by atoms with Crippen LogP contribution >= 0.6 is 0 Å². The van der Waals surface area contributed by atoms with Gasteiger partial charge in [0.2, 0.25) is 0 Å². The molecule has 0 aliphatic carbocycles. The molecule has 0 atom stereocenters. The third-order valence-corrected chi connectivity index (χ3v) is 2.27. The normalized spacial score (nSPS) is 10.5. The topological polar surface area (TPSA) is 41.6 Å². The molecule has 88 valence electrons. The first-order valence-corrected chi connectivity index (χ1v) is 5.18. The number of methoxy groups -OCH3 is 1. The Morgan fingerprint density at radius 3 is 2.50 bits per heavy atom. The fourth-order valence-corrected chi connectivity index (χ4v) is 1.37. The van der Waals surface area contributed by atoms with Gasteiger partial charge < -0.3 is 4.74 Å². The first-order valence-electron chi connectivity index (χ1n) is 5.18. The summed E-state index contributed by atoms with van der Waals surface area (Å²) in [6, 6.07) is 7.85. The van der Waals surface area contributed by atoms with Crippen molar-refractivity contribution in [2.45, 2.75) is 13.0 Å². The minimum absolute atomic E-state index is 0.211. The number of nitrogens with one attached hydrogen (secondary N) is 1. The van der Waals surface area contributed by atoms with Crippen LogP contribution in [0.15, 0.2) is 24.3 Å². The molecule has 0 aromatic heterocycles. The van der Waals surface area contributed by atoms with E-state index >= 15 is 0 Å². The second-order valence-electron chi connectivity index (χ2n) is 3.75. The van der Waals surface area contributed by atoms with E-state index in [0.717, 1.165) is 11.1 Å². The van der Waals surface area contributed by atoms with Crippen molar-refractivity contribution < 1.29 is 9.53 Å². The van der Waals surface area contributed by atoms with E-state index in [-0.39, 0.29) is 5.97 Å². The number of nitrogens with zero attached hydrogens (tertiary/aromatic N) is 1. The molecule has 1 aromatic rings. The number of rotatable bonds is 5. The van der Waals surface area contributed by atoms with E-state index in [1.807, 2.05) is 43.4 Å². The van der Waals surface area contributed by atoms with Gasteiger partial charge in [0.05, 0.1) is 13.5 Å². The summed E-state index contributed by atoms with van der Waals surface area (Å²) in [5.74, 6) is -0.211. The van der Waals surface area contributed by atoms with E-state index in [4.69, 9.17) is 0 Å². The number of benzene rings is 1. The van der Waals surface area contributed by atoms with Gasteiger partial charge in [-0.15, -0.1) is 0 Å². The zero-order valence-electron chi connectivity index (χ0n) is 9.99. The van der Waals surface area contributed by atoms with E-state index in [0.29, 0.717) is 13.0 Å². The molecule has 0 radical (unpaired) electrons. The van der Waals surface area contributed by atoms with Crippen LogP contribution in [0.3, 0.4) is 0 Å². The maximum absolute atomic E-state index is 11.2. The summed E-state index contributed by atoms with van der Waals surface area (Å²) in [5.41, 5.74) is 5.29. The number of ether oxygens (including phenoxy) is 1. The Hall–Kier alpha value is -1.39. The molecular weight excluding hydrogens is 204 g/mol. The second kappa shape index (κ2) is 6.25. The Bertz CT molecular complexity index is 351. The molecule has 0 fully saturated rings. The Morgan fingerprint density at radius 1 is 1.31 bits per heavy atom. The Morgan fingerprint density at radius 2 is 1.94 bits per heavy atom. The van der Waals surface area contributed by atoms with Crippen molar-refractivity contribution in [1.82, 2.24) is 10.4 Å². The molecule has 0 saturated carbocycles. The predicted octanol–water partition coefficient (Wildman–Crippen LogP) is 0.968. The smallest absolute Gasteiger partial charge is 0.309 e. The monoisotopic (exact) mass is 222 g/mol. The number of esters is 1. The molecule has 0 aliphatic heterocycles. The third-order valence-electron chi connectivity index (χ3n) is 2.27. The summed E-state index contributed by atoms with van der Waals surface area (Å²) in [6.07, 6.45) is 0.321. The predicted molar refractivity (Wildman–Crippen MR) is 62.7 cm³/mol. The lowest BCUT2D eigenvalue weighted by atomic mass is 10.0. The van der Waals surface area contributed by atoms with Crippen LogP contribution in [0.2, 0.25) is 0 Å². The highest BCUT2D eigenvalue weighted by atomic mass is 16.5. The molecule has 1 N–H and O–H groups in total. The largest absolute Gasteiger partial charge is 0.469 e. The number of hydrogen-bond donors (Lipinski definition) is 1. The molecular formula is C12H18N2O2. The summed E-state index contributed by atoms with van der Waals surface area (Å²) < 4.78 is 4.66. The molecule has 0 saturated heterocycles. The molecule has 0 aliphatic rings. The van der Waals surface area contributed by atoms with Gasteiger partial charge in [-0.3, -0.25) is 15.2 Å². The minimum Gasteiger partial charge on any atom is -0.469 e. The highest BCUT2D eigenvalue weighted by Crippen LogP contribution is 2.10. The average molecular weight is 222 g/mol. The number of carbonyl (C=O) groups excluding carboxylic acids is 1. The van der Waals surface area contributed by atoms with Crippen molar-refractivity contribution in [3.05, 3.63) is 35.4 Å². The van der Waals surface area contributed by atoms with Gasteiger partial charge in [0, 0.05) is 20.6 Å². The second-order valence-corrected chi connectivity index (χ2v) is 3.75. The van der Waals surface area contributed by atoms with E-state index < -0.39 is 0 Å². The highest BCUT2D eigenvalue weighted by molar-refractivity contribution is 5.72. The zero-order chi connectivity index (χ0) is 12.0. The van der Waals surface area contributed by atoms with E-state index in [2.05, 4.69) is 10.2 Å². The van der Waals surface area contributed by atoms with Gasteiger partial charge in [-0.1, -0.05) is 24.3 Å². The molecule has 0 heterocycles. The molecule has 4 heteroatoms. The molecule has 0 amide bonds. The van der Waals surface area contributed by atoms with E-state index in [1.165, 1.54) is 7.11 Å². The third kappa shape index (κ3) is 4.00. The fourth-order valence-electron chi connectivity index (χ4n) is 1.37. The van der Waals surface area contributed by atoms with Gasteiger partial charge >= 0.3 is 5.97 Å². The SMILES string of the molecule is COC(=O)Cc1ccccc1CNN(C)C.